The van der Waals surface area contributed by atoms with Gasteiger partial charge in [-0.1, -0.05) is 12.1 Å². The van der Waals surface area contributed by atoms with Gasteiger partial charge >= 0.3 is 0 Å². The molecule has 0 fully saturated rings. The Morgan fingerprint density at radius 2 is 2.08 bits per heavy atom. The Balaban J connectivity index is 2.77. The van der Waals surface area contributed by atoms with Crippen molar-refractivity contribution in [2.75, 3.05) is 6.61 Å². The molecule has 0 spiro atoms. The Morgan fingerprint density at radius 3 is 2.62 bits per heavy atom. The first-order valence-corrected chi connectivity index (χ1v) is 4.21. The number of hydrogen-bond acceptors (Lipinski definition) is 3. The molecule has 0 saturated heterocycles. The lowest BCUT2D eigenvalue weighted by Gasteiger charge is -2.08. The first kappa shape index (κ1) is 10.0. The minimum absolute atomic E-state index is 0.174. The summed E-state index contributed by atoms with van der Waals surface area (Å²) < 4.78 is 0. The normalized spacial score (nSPS) is 12.8. The monoisotopic (exact) mass is 182 g/mol. The molecule has 72 valence electrons. The van der Waals surface area contributed by atoms with Gasteiger partial charge in [0.2, 0.25) is 0 Å². The van der Waals surface area contributed by atoms with Gasteiger partial charge in [-0.25, -0.2) is 0 Å². The second-order valence-corrected chi connectivity index (χ2v) is 3.17. The van der Waals surface area contributed by atoms with E-state index in [1.807, 2.05) is 13.0 Å². The average Bonchev–Trinajstić information content (AvgIpc) is 2.09. The maximum Gasteiger partial charge on any atom is 0.119 e. The van der Waals surface area contributed by atoms with E-state index in [2.05, 4.69) is 0 Å². The van der Waals surface area contributed by atoms with Crippen LogP contribution < -0.4 is 0 Å². The lowest BCUT2D eigenvalue weighted by atomic mass is 10.1. The van der Waals surface area contributed by atoms with E-state index in [4.69, 9.17) is 10.2 Å². The van der Waals surface area contributed by atoms with E-state index in [9.17, 15) is 5.11 Å². The number of phenolic OH excluding ortho intramolecular Hbond substituents is 1. The third kappa shape index (κ3) is 2.72. The summed E-state index contributed by atoms with van der Waals surface area (Å²) >= 11 is 0. The highest BCUT2D eigenvalue weighted by Gasteiger charge is 2.07. The number of rotatable bonds is 3. The SMILES string of the molecule is Cc1ccc(CC(O)CO)c(O)c1. The fraction of sp³-hybridized carbons (Fsp3) is 0.400. The molecule has 3 nitrogen and oxygen atoms in total. The molecule has 1 rings (SSSR count). The Kier molecular flexibility index (Phi) is 3.28. The highest BCUT2D eigenvalue weighted by atomic mass is 16.3. The van der Waals surface area contributed by atoms with Crippen LogP contribution in [0.3, 0.4) is 0 Å². The van der Waals surface area contributed by atoms with Crippen LogP contribution in [0.15, 0.2) is 18.2 Å². The first-order valence-electron chi connectivity index (χ1n) is 4.21. The molecular formula is C10H14O3. The van der Waals surface area contributed by atoms with Gasteiger partial charge in [-0.05, 0) is 24.1 Å². The number of aryl methyl sites for hydroxylation is 1. The summed E-state index contributed by atoms with van der Waals surface area (Å²) in [4.78, 5) is 0. The minimum atomic E-state index is -0.798. The topological polar surface area (TPSA) is 60.7 Å². The van der Waals surface area contributed by atoms with E-state index in [0.29, 0.717) is 5.56 Å². The van der Waals surface area contributed by atoms with Crippen molar-refractivity contribution < 1.29 is 15.3 Å². The van der Waals surface area contributed by atoms with Crippen molar-refractivity contribution in [1.82, 2.24) is 0 Å². The molecule has 1 aromatic carbocycles. The molecule has 0 aliphatic heterocycles. The average molecular weight is 182 g/mol. The summed E-state index contributed by atoms with van der Waals surface area (Å²) in [7, 11) is 0. The number of aliphatic hydroxyl groups excluding tert-OH is 2. The summed E-state index contributed by atoms with van der Waals surface area (Å²) in [6.45, 7) is 1.60. The summed E-state index contributed by atoms with van der Waals surface area (Å²) in [6.07, 6.45) is -0.517. The van der Waals surface area contributed by atoms with Crippen LogP contribution in [-0.4, -0.2) is 28.0 Å². The third-order valence-electron chi connectivity index (χ3n) is 1.91. The van der Waals surface area contributed by atoms with Crippen molar-refractivity contribution in [3.8, 4) is 5.75 Å². The summed E-state index contributed by atoms with van der Waals surface area (Å²) in [6, 6.07) is 5.25. The van der Waals surface area contributed by atoms with Crippen LogP contribution in [-0.2, 0) is 6.42 Å². The van der Waals surface area contributed by atoms with Gasteiger partial charge in [0, 0.05) is 6.42 Å². The molecule has 0 aromatic heterocycles. The predicted octanol–water partition coefficient (Wildman–Crippen LogP) is 0.596. The molecule has 0 aliphatic rings. The highest BCUT2D eigenvalue weighted by Crippen LogP contribution is 2.19. The maximum atomic E-state index is 9.44. The van der Waals surface area contributed by atoms with Gasteiger partial charge in [0.25, 0.3) is 0 Å². The summed E-state index contributed by atoms with van der Waals surface area (Å²) in [5.41, 5.74) is 1.63. The number of hydrogen-bond donors (Lipinski definition) is 3. The number of benzene rings is 1. The molecule has 1 atom stereocenters. The summed E-state index contributed by atoms with van der Waals surface area (Å²) in [5, 5.41) is 27.2. The Bertz CT molecular complexity index is 283. The highest BCUT2D eigenvalue weighted by molar-refractivity contribution is 5.36. The fourth-order valence-corrected chi connectivity index (χ4v) is 1.16. The van der Waals surface area contributed by atoms with Crippen molar-refractivity contribution >= 4 is 0 Å². The van der Waals surface area contributed by atoms with E-state index in [1.54, 1.807) is 12.1 Å². The third-order valence-corrected chi connectivity index (χ3v) is 1.91. The molecule has 1 unspecified atom stereocenters. The van der Waals surface area contributed by atoms with Crippen LogP contribution in [0, 0.1) is 6.92 Å². The van der Waals surface area contributed by atoms with E-state index in [-0.39, 0.29) is 18.8 Å². The first-order chi connectivity index (χ1) is 6.13. The maximum absolute atomic E-state index is 9.44. The van der Waals surface area contributed by atoms with E-state index in [1.165, 1.54) is 0 Å². The molecule has 0 heterocycles. The van der Waals surface area contributed by atoms with Crippen LogP contribution in [0.2, 0.25) is 0 Å². The Labute approximate surface area is 77.3 Å². The van der Waals surface area contributed by atoms with Crippen molar-refractivity contribution in [3.63, 3.8) is 0 Å². The second kappa shape index (κ2) is 4.25. The van der Waals surface area contributed by atoms with Crippen LogP contribution >= 0.6 is 0 Å². The van der Waals surface area contributed by atoms with Crippen LogP contribution in [0.4, 0.5) is 0 Å². The molecule has 0 aliphatic carbocycles. The van der Waals surface area contributed by atoms with Crippen molar-refractivity contribution in [2.24, 2.45) is 0 Å². The van der Waals surface area contributed by atoms with Gasteiger partial charge in [-0.3, -0.25) is 0 Å². The number of aromatic hydroxyl groups is 1. The predicted molar refractivity (Wildman–Crippen MR) is 49.6 cm³/mol. The smallest absolute Gasteiger partial charge is 0.119 e. The zero-order chi connectivity index (χ0) is 9.84. The molecule has 13 heavy (non-hydrogen) atoms. The molecular weight excluding hydrogens is 168 g/mol. The van der Waals surface area contributed by atoms with Gasteiger partial charge in [-0.2, -0.15) is 0 Å². The van der Waals surface area contributed by atoms with Crippen LogP contribution in [0.25, 0.3) is 0 Å². The molecule has 3 heteroatoms. The minimum Gasteiger partial charge on any atom is -0.508 e. The lowest BCUT2D eigenvalue weighted by Crippen LogP contribution is -2.15. The van der Waals surface area contributed by atoms with Gasteiger partial charge < -0.3 is 15.3 Å². The molecule has 0 amide bonds. The van der Waals surface area contributed by atoms with E-state index >= 15 is 0 Å². The van der Waals surface area contributed by atoms with Gasteiger partial charge in [0.15, 0.2) is 0 Å². The van der Waals surface area contributed by atoms with Gasteiger partial charge in [-0.15, -0.1) is 0 Å². The van der Waals surface area contributed by atoms with Crippen molar-refractivity contribution in [2.45, 2.75) is 19.4 Å². The fourth-order valence-electron chi connectivity index (χ4n) is 1.16. The van der Waals surface area contributed by atoms with Gasteiger partial charge in [0.1, 0.15) is 5.75 Å². The van der Waals surface area contributed by atoms with Gasteiger partial charge in [0.05, 0.1) is 12.7 Å². The Morgan fingerprint density at radius 1 is 1.38 bits per heavy atom. The number of aliphatic hydroxyl groups is 2. The lowest BCUT2D eigenvalue weighted by molar-refractivity contribution is 0.0950. The second-order valence-electron chi connectivity index (χ2n) is 3.17. The van der Waals surface area contributed by atoms with E-state index < -0.39 is 6.10 Å². The van der Waals surface area contributed by atoms with Crippen molar-refractivity contribution in [3.05, 3.63) is 29.3 Å². The largest absolute Gasteiger partial charge is 0.508 e. The number of phenols is 1. The zero-order valence-corrected chi connectivity index (χ0v) is 7.57. The van der Waals surface area contributed by atoms with Crippen LogP contribution in [0.1, 0.15) is 11.1 Å². The summed E-state index contributed by atoms with van der Waals surface area (Å²) in [5.74, 6) is 0.174. The van der Waals surface area contributed by atoms with Crippen molar-refractivity contribution in [1.29, 1.82) is 0 Å². The Hall–Kier alpha value is -1.06. The molecule has 0 saturated carbocycles. The zero-order valence-electron chi connectivity index (χ0n) is 7.57. The van der Waals surface area contributed by atoms with Crippen LogP contribution in [0.5, 0.6) is 5.75 Å². The quantitative estimate of drug-likeness (QED) is 0.641. The molecule has 0 radical (unpaired) electrons. The molecule has 1 aromatic rings. The standard InChI is InChI=1S/C10H14O3/c1-7-2-3-8(10(13)4-7)5-9(12)6-11/h2-4,9,11-13H,5-6H2,1H3. The van der Waals surface area contributed by atoms with E-state index in [0.717, 1.165) is 5.56 Å². The molecule has 3 N–H and O–H groups in total. The molecule has 0 bridgehead atoms.